The van der Waals surface area contributed by atoms with Crippen LogP contribution >= 0.6 is 11.3 Å². The van der Waals surface area contributed by atoms with E-state index in [0.717, 1.165) is 67.0 Å². The summed E-state index contributed by atoms with van der Waals surface area (Å²) in [5, 5.41) is 1.27. The van der Waals surface area contributed by atoms with Crippen LogP contribution in [0.4, 0.5) is 5.82 Å². The summed E-state index contributed by atoms with van der Waals surface area (Å²) in [6, 6.07) is 9.57. The molecule has 0 bridgehead atoms. The molecule has 2 aromatic heterocycles. The van der Waals surface area contributed by atoms with Gasteiger partial charge in [0, 0.05) is 36.6 Å². The van der Waals surface area contributed by atoms with Crippen molar-refractivity contribution in [3.05, 3.63) is 52.2 Å². The maximum Gasteiger partial charge on any atom is 0.253 e. The number of thiophene rings is 1. The van der Waals surface area contributed by atoms with E-state index >= 15 is 0 Å². The van der Waals surface area contributed by atoms with Crippen molar-refractivity contribution in [2.45, 2.75) is 33.1 Å². The molecule has 1 amide bonds. The van der Waals surface area contributed by atoms with Gasteiger partial charge in [0.05, 0.1) is 5.39 Å². The van der Waals surface area contributed by atoms with Crippen molar-refractivity contribution < 1.29 is 4.79 Å². The first kappa shape index (κ1) is 18.6. The zero-order chi connectivity index (χ0) is 20.0. The van der Waals surface area contributed by atoms with E-state index in [-0.39, 0.29) is 5.91 Å². The van der Waals surface area contributed by atoms with Crippen molar-refractivity contribution in [1.82, 2.24) is 14.9 Å². The van der Waals surface area contributed by atoms with Gasteiger partial charge in [-0.05, 0) is 49.8 Å². The summed E-state index contributed by atoms with van der Waals surface area (Å²) in [5.41, 5.74) is 2.24. The van der Waals surface area contributed by atoms with Crippen LogP contribution in [-0.4, -0.2) is 47.0 Å². The second kappa shape index (κ2) is 7.41. The highest BCUT2D eigenvalue weighted by atomic mass is 32.1. The van der Waals surface area contributed by atoms with E-state index in [1.54, 1.807) is 0 Å². The minimum atomic E-state index is 0.121. The largest absolute Gasteiger partial charge is 0.352 e. The Hall–Kier alpha value is -2.47. The van der Waals surface area contributed by atoms with Crippen molar-refractivity contribution >= 4 is 33.3 Å². The van der Waals surface area contributed by atoms with E-state index in [1.807, 2.05) is 53.5 Å². The maximum absolute atomic E-state index is 12.8. The third kappa shape index (κ3) is 3.39. The minimum absolute atomic E-state index is 0.121. The molecule has 150 valence electrons. The quantitative estimate of drug-likeness (QED) is 0.643. The van der Waals surface area contributed by atoms with E-state index in [0.29, 0.717) is 0 Å². The Labute approximate surface area is 175 Å². The van der Waals surface area contributed by atoms with Crippen LogP contribution in [0.2, 0.25) is 0 Å². The van der Waals surface area contributed by atoms with Gasteiger partial charge >= 0.3 is 0 Å². The number of hydrogen-bond acceptors (Lipinski definition) is 5. The van der Waals surface area contributed by atoms with E-state index in [4.69, 9.17) is 9.97 Å². The molecule has 0 N–H and O–H groups in total. The van der Waals surface area contributed by atoms with Gasteiger partial charge in [-0.1, -0.05) is 25.1 Å². The Morgan fingerprint density at radius 2 is 1.86 bits per heavy atom. The Balaban J connectivity index is 1.41. The second-order valence-electron chi connectivity index (χ2n) is 8.27. The standard InChI is InChI=1S/C23H26N4OS/c1-15-8-9-18-19(14-15)29-22-20(18)21(24-16(2)25-22)26-10-12-27(13-11-26)23(28)17-6-4-3-5-7-17/h3-7,15H,8-14H2,1-2H3/t15-/m0/s1. The third-order valence-corrected chi connectivity index (χ3v) is 7.28. The Morgan fingerprint density at radius 1 is 1.10 bits per heavy atom. The van der Waals surface area contributed by atoms with Crippen molar-refractivity contribution in [2.24, 2.45) is 5.92 Å². The molecule has 5 nitrogen and oxygen atoms in total. The van der Waals surface area contributed by atoms with Gasteiger partial charge in [-0.25, -0.2) is 9.97 Å². The summed E-state index contributed by atoms with van der Waals surface area (Å²) in [6.45, 7) is 7.40. The zero-order valence-corrected chi connectivity index (χ0v) is 17.8. The molecule has 0 radical (unpaired) electrons. The highest BCUT2D eigenvalue weighted by molar-refractivity contribution is 7.19. The van der Waals surface area contributed by atoms with Gasteiger partial charge in [0.15, 0.2) is 0 Å². The number of aryl methyl sites for hydroxylation is 2. The summed E-state index contributed by atoms with van der Waals surface area (Å²) in [5.74, 6) is 2.78. The summed E-state index contributed by atoms with van der Waals surface area (Å²) < 4.78 is 0. The van der Waals surface area contributed by atoms with Crippen LogP contribution in [0.25, 0.3) is 10.2 Å². The lowest BCUT2D eigenvalue weighted by Crippen LogP contribution is -2.49. The summed E-state index contributed by atoms with van der Waals surface area (Å²) in [6.07, 6.45) is 3.53. The Morgan fingerprint density at radius 3 is 2.62 bits per heavy atom. The topological polar surface area (TPSA) is 49.3 Å². The van der Waals surface area contributed by atoms with Crippen LogP contribution in [0.1, 0.15) is 40.0 Å². The first-order valence-corrected chi connectivity index (χ1v) is 11.3. The van der Waals surface area contributed by atoms with Crippen molar-refractivity contribution in [3.8, 4) is 0 Å². The lowest BCUT2D eigenvalue weighted by atomic mass is 9.89. The van der Waals surface area contributed by atoms with Gasteiger partial charge in [0.1, 0.15) is 16.5 Å². The van der Waals surface area contributed by atoms with Crippen LogP contribution in [0.5, 0.6) is 0 Å². The first-order valence-electron chi connectivity index (χ1n) is 10.5. The molecule has 1 atom stereocenters. The predicted molar refractivity (Wildman–Crippen MR) is 118 cm³/mol. The molecule has 3 heterocycles. The monoisotopic (exact) mass is 406 g/mol. The van der Waals surface area contributed by atoms with E-state index in [2.05, 4.69) is 11.8 Å². The van der Waals surface area contributed by atoms with Crippen molar-refractivity contribution in [3.63, 3.8) is 0 Å². The summed E-state index contributed by atoms with van der Waals surface area (Å²) >= 11 is 1.86. The fourth-order valence-corrected chi connectivity index (χ4v) is 5.96. The number of nitrogens with zero attached hydrogens (tertiary/aromatic N) is 4. The van der Waals surface area contributed by atoms with Crippen LogP contribution in [0.3, 0.4) is 0 Å². The highest BCUT2D eigenvalue weighted by Gasteiger charge is 2.28. The van der Waals surface area contributed by atoms with Gasteiger partial charge < -0.3 is 9.80 Å². The van der Waals surface area contributed by atoms with E-state index < -0.39 is 0 Å². The summed E-state index contributed by atoms with van der Waals surface area (Å²) in [7, 11) is 0. The minimum Gasteiger partial charge on any atom is -0.352 e. The molecule has 0 saturated carbocycles. The van der Waals surface area contributed by atoms with Crippen molar-refractivity contribution in [1.29, 1.82) is 0 Å². The number of benzene rings is 1. The van der Waals surface area contributed by atoms with E-state index in [1.165, 1.54) is 22.2 Å². The molecule has 0 spiro atoms. The van der Waals surface area contributed by atoms with Gasteiger partial charge in [0.2, 0.25) is 0 Å². The molecular weight excluding hydrogens is 380 g/mol. The lowest BCUT2D eigenvalue weighted by molar-refractivity contribution is 0.0746. The smallest absolute Gasteiger partial charge is 0.253 e. The van der Waals surface area contributed by atoms with Crippen LogP contribution < -0.4 is 4.90 Å². The van der Waals surface area contributed by atoms with Gasteiger partial charge in [-0.15, -0.1) is 11.3 Å². The highest BCUT2D eigenvalue weighted by Crippen LogP contribution is 2.41. The zero-order valence-electron chi connectivity index (χ0n) is 17.0. The molecule has 1 aromatic carbocycles. The third-order valence-electron chi connectivity index (χ3n) is 6.13. The number of carbonyl (C=O) groups is 1. The molecule has 1 aliphatic heterocycles. The fraction of sp³-hybridized carbons (Fsp3) is 0.435. The fourth-order valence-electron chi connectivity index (χ4n) is 4.54. The number of aromatic nitrogens is 2. The summed E-state index contributed by atoms with van der Waals surface area (Å²) in [4.78, 5) is 29.4. The Bertz CT molecular complexity index is 1050. The Kier molecular flexibility index (Phi) is 4.74. The number of piperazine rings is 1. The van der Waals surface area contributed by atoms with Gasteiger partial charge in [-0.2, -0.15) is 0 Å². The molecule has 3 aromatic rings. The number of anilines is 1. The second-order valence-corrected chi connectivity index (χ2v) is 9.36. The number of rotatable bonds is 2. The van der Waals surface area contributed by atoms with Crippen LogP contribution in [0, 0.1) is 12.8 Å². The maximum atomic E-state index is 12.8. The number of fused-ring (bicyclic) bond motifs is 3. The molecule has 0 unspecified atom stereocenters. The normalized spacial score (nSPS) is 19.4. The molecule has 29 heavy (non-hydrogen) atoms. The molecule has 6 heteroatoms. The molecule has 1 saturated heterocycles. The SMILES string of the molecule is Cc1nc(N2CCN(C(=O)c3ccccc3)CC2)c2c3c(sc2n1)C[C@@H](C)CC3. The number of hydrogen-bond donors (Lipinski definition) is 0. The number of amides is 1. The van der Waals surface area contributed by atoms with Crippen LogP contribution in [-0.2, 0) is 12.8 Å². The average molecular weight is 407 g/mol. The molecule has 1 aliphatic carbocycles. The molecular formula is C23H26N4OS. The molecule has 1 fully saturated rings. The van der Waals surface area contributed by atoms with Gasteiger partial charge in [-0.3, -0.25) is 4.79 Å². The van der Waals surface area contributed by atoms with Crippen LogP contribution in [0.15, 0.2) is 30.3 Å². The predicted octanol–water partition coefficient (Wildman–Crippen LogP) is 4.09. The van der Waals surface area contributed by atoms with Crippen molar-refractivity contribution in [2.75, 3.05) is 31.1 Å². The first-order chi connectivity index (χ1) is 14.1. The number of carbonyl (C=O) groups excluding carboxylic acids is 1. The van der Waals surface area contributed by atoms with Gasteiger partial charge in [0.25, 0.3) is 5.91 Å². The van der Waals surface area contributed by atoms with E-state index in [9.17, 15) is 4.79 Å². The molecule has 5 rings (SSSR count). The lowest BCUT2D eigenvalue weighted by Gasteiger charge is -2.36. The average Bonchev–Trinajstić information content (AvgIpc) is 3.10. The molecule has 2 aliphatic rings.